The number of aliphatic hydroxyl groups excluding tert-OH is 1. The summed E-state index contributed by atoms with van der Waals surface area (Å²) in [5, 5.41) is 16.0. The molecule has 0 saturated heterocycles. The van der Waals surface area contributed by atoms with Crippen LogP contribution in [0.4, 0.5) is 13.6 Å². The van der Waals surface area contributed by atoms with E-state index in [9.17, 15) is 13.6 Å². The van der Waals surface area contributed by atoms with E-state index in [2.05, 4.69) is 20.4 Å². The number of pyridine rings is 1. The number of halogens is 4. The molecule has 8 nitrogen and oxygen atoms in total. The van der Waals surface area contributed by atoms with Crippen molar-refractivity contribution in [2.24, 2.45) is 0 Å². The maximum absolute atomic E-state index is 14.2. The lowest BCUT2D eigenvalue weighted by atomic mass is 9.85. The number of nitrogens with one attached hydrogen (secondary N) is 1. The summed E-state index contributed by atoms with van der Waals surface area (Å²) < 4.78 is 33.3. The van der Waals surface area contributed by atoms with E-state index in [0.717, 1.165) is 5.57 Å². The highest BCUT2D eigenvalue weighted by Crippen LogP contribution is 2.44. The minimum atomic E-state index is -3.00. The second kappa shape index (κ2) is 10.3. The Morgan fingerprint density at radius 3 is 2.75 bits per heavy atom. The van der Waals surface area contributed by atoms with Gasteiger partial charge in [0, 0.05) is 49.0 Å². The van der Waals surface area contributed by atoms with Crippen molar-refractivity contribution < 1.29 is 23.2 Å². The average molecular weight is 540 g/mol. The van der Waals surface area contributed by atoms with Crippen LogP contribution in [-0.2, 0) is 6.61 Å². The number of allylic oxidation sites excluding steroid dienone is 4. The number of nitrogens with zero attached hydrogens (tertiary/aromatic N) is 4. The van der Waals surface area contributed by atoms with Crippen molar-refractivity contribution in [1.29, 1.82) is 0 Å². The van der Waals surface area contributed by atoms with Gasteiger partial charge in [-0.3, -0.25) is 4.98 Å². The van der Waals surface area contributed by atoms with E-state index in [4.69, 9.17) is 32.8 Å². The van der Waals surface area contributed by atoms with Gasteiger partial charge in [-0.2, -0.15) is 4.98 Å². The predicted molar refractivity (Wildman–Crippen MR) is 131 cm³/mol. The summed E-state index contributed by atoms with van der Waals surface area (Å²) in [5.41, 5.74) is 2.36. The number of alkyl halides is 3. The number of carbonyl (C=O) groups excluding carboxylic acids is 1. The topological polar surface area (TPSA) is 104 Å². The molecule has 0 radical (unpaired) electrons. The Kier molecular flexibility index (Phi) is 7.49. The summed E-state index contributed by atoms with van der Waals surface area (Å²) >= 11 is 12.9. The monoisotopic (exact) mass is 539 g/mol. The van der Waals surface area contributed by atoms with Crippen LogP contribution >= 0.6 is 23.2 Å². The number of urea groups is 1. The van der Waals surface area contributed by atoms with Gasteiger partial charge >= 0.3 is 6.03 Å². The van der Waals surface area contributed by atoms with E-state index in [1.54, 1.807) is 17.2 Å². The Balaban J connectivity index is 1.41. The van der Waals surface area contributed by atoms with Gasteiger partial charge in [-0.1, -0.05) is 35.8 Å². The summed E-state index contributed by atoms with van der Waals surface area (Å²) in [6.45, 7) is 3.32. The van der Waals surface area contributed by atoms with Crippen molar-refractivity contribution in [3.63, 3.8) is 0 Å². The molecule has 2 N–H and O–H groups in total. The van der Waals surface area contributed by atoms with Gasteiger partial charge in [0.15, 0.2) is 0 Å². The standard InChI is InChI=1S/C24H25Cl2F2N5O3/c1-3-24(27,28)18-5-4-16(11-23(18,2)26)30-22(35)33-8-6-14(7-9-33)20-17(25)10-15(12-29-20)21-31-19(13-34)36-32-21/h4-6,10,12,34H,3,7-9,11,13H2,1-2H3,(H,30,35). The van der Waals surface area contributed by atoms with Gasteiger partial charge in [0.05, 0.1) is 15.6 Å². The molecule has 0 saturated carbocycles. The Morgan fingerprint density at radius 1 is 1.39 bits per heavy atom. The first-order chi connectivity index (χ1) is 17.0. The van der Waals surface area contributed by atoms with Crippen molar-refractivity contribution >= 4 is 34.8 Å². The number of hydrogen-bond acceptors (Lipinski definition) is 6. The molecule has 0 bridgehead atoms. The first kappa shape index (κ1) is 26.2. The SMILES string of the molecule is CCC(F)(F)C1=CC=C(NC(=O)N2CC=C(c3ncc(-c4noc(CO)n4)cc3Cl)CC2)CC1(C)Cl. The minimum absolute atomic E-state index is 0.0860. The predicted octanol–water partition coefficient (Wildman–Crippen LogP) is 5.33. The second-order valence-corrected chi connectivity index (χ2v) is 10.0. The molecule has 2 aliphatic rings. The third-order valence-electron chi connectivity index (χ3n) is 6.14. The average Bonchev–Trinajstić information content (AvgIpc) is 3.33. The molecular formula is C24H25Cl2F2N5O3. The molecule has 2 amide bonds. The Morgan fingerprint density at radius 2 is 2.17 bits per heavy atom. The quantitative estimate of drug-likeness (QED) is 0.480. The van der Waals surface area contributed by atoms with Crippen LogP contribution in [0.15, 0.2) is 46.3 Å². The molecule has 1 aliphatic heterocycles. The molecule has 4 rings (SSSR count). The van der Waals surface area contributed by atoms with Crippen LogP contribution in [0.25, 0.3) is 17.0 Å². The van der Waals surface area contributed by atoms with Gasteiger partial charge in [-0.25, -0.2) is 13.6 Å². The summed E-state index contributed by atoms with van der Waals surface area (Å²) in [5.74, 6) is -2.64. The second-order valence-electron chi connectivity index (χ2n) is 8.78. The number of carbonyl (C=O) groups is 1. The highest BCUT2D eigenvalue weighted by atomic mass is 35.5. The molecule has 0 fully saturated rings. The summed E-state index contributed by atoms with van der Waals surface area (Å²) in [6, 6.07) is 1.33. The molecule has 3 heterocycles. The van der Waals surface area contributed by atoms with Crippen molar-refractivity contribution in [3.8, 4) is 11.4 Å². The van der Waals surface area contributed by atoms with E-state index < -0.39 is 10.8 Å². The molecule has 1 atom stereocenters. The van der Waals surface area contributed by atoms with E-state index in [-0.39, 0.29) is 42.8 Å². The van der Waals surface area contributed by atoms with Gasteiger partial charge in [0.2, 0.25) is 5.82 Å². The highest BCUT2D eigenvalue weighted by molar-refractivity contribution is 6.32. The molecule has 1 aliphatic carbocycles. The fourth-order valence-corrected chi connectivity index (χ4v) is 4.80. The largest absolute Gasteiger partial charge is 0.387 e. The fourth-order valence-electron chi connectivity index (χ4n) is 4.17. The number of aliphatic hydroxyl groups is 1. The zero-order chi connectivity index (χ0) is 26.1. The third kappa shape index (κ3) is 5.45. The third-order valence-corrected chi connectivity index (χ3v) is 6.77. The summed E-state index contributed by atoms with van der Waals surface area (Å²) in [4.78, 5) is 21.6. The number of rotatable bonds is 6. The minimum Gasteiger partial charge on any atom is -0.387 e. The van der Waals surface area contributed by atoms with Crippen LogP contribution in [0, 0.1) is 0 Å². The van der Waals surface area contributed by atoms with Crippen molar-refractivity contribution in [2.45, 2.75) is 50.5 Å². The van der Waals surface area contributed by atoms with E-state index in [1.807, 2.05) is 6.08 Å². The first-order valence-corrected chi connectivity index (χ1v) is 12.1. The zero-order valence-electron chi connectivity index (χ0n) is 19.7. The lowest BCUT2D eigenvalue weighted by Gasteiger charge is -2.35. The lowest BCUT2D eigenvalue weighted by Crippen LogP contribution is -2.44. The van der Waals surface area contributed by atoms with Gasteiger partial charge in [0.1, 0.15) is 6.61 Å². The van der Waals surface area contributed by atoms with Crippen molar-refractivity contribution in [2.75, 3.05) is 13.1 Å². The van der Waals surface area contributed by atoms with Gasteiger partial charge < -0.3 is 19.8 Å². The van der Waals surface area contributed by atoms with E-state index >= 15 is 0 Å². The first-order valence-electron chi connectivity index (χ1n) is 11.4. The normalized spacial score (nSPS) is 20.5. The molecule has 36 heavy (non-hydrogen) atoms. The van der Waals surface area contributed by atoms with Crippen LogP contribution in [-0.4, -0.2) is 55.0 Å². The Bertz CT molecular complexity index is 1260. The van der Waals surface area contributed by atoms with E-state index in [1.165, 1.54) is 26.0 Å². The lowest BCUT2D eigenvalue weighted by molar-refractivity contribution is 0.0295. The van der Waals surface area contributed by atoms with Crippen LogP contribution in [0.3, 0.4) is 0 Å². The molecule has 12 heteroatoms. The van der Waals surface area contributed by atoms with Gasteiger partial charge in [-0.05, 0) is 31.1 Å². The molecule has 0 aromatic carbocycles. The van der Waals surface area contributed by atoms with Crippen LogP contribution in [0.1, 0.15) is 44.7 Å². The molecule has 2 aromatic heterocycles. The summed E-state index contributed by atoms with van der Waals surface area (Å²) in [7, 11) is 0. The van der Waals surface area contributed by atoms with E-state index in [0.29, 0.717) is 41.5 Å². The zero-order valence-corrected chi connectivity index (χ0v) is 21.2. The van der Waals surface area contributed by atoms with Crippen LogP contribution in [0.5, 0.6) is 0 Å². The van der Waals surface area contributed by atoms with Gasteiger partial charge in [-0.15, -0.1) is 11.6 Å². The molecule has 1 unspecified atom stereocenters. The molecule has 192 valence electrons. The van der Waals surface area contributed by atoms with Crippen molar-refractivity contribution in [1.82, 2.24) is 25.3 Å². The Labute approximate surface area is 216 Å². The molecule has 0 spiro atoms. The Hall–Kier alpha value is -2.82. The van der Waals surface area contributed by atoms with Crippen LogP contribution in [0.2, 0.25) is 5.02 Å². The van der Waals surface area contributed by atoms with Crippen molar-refractivity contribution in [3.05, 3.63) is 58.4 Å². The molecule has 2 aromatic rings. The summed E-state index contributed by atoms with van der Waals surface area (Å²) in [6.07, 6.45) is 6.50. The maximum Gasteiger partial charge on any atom is 0.321 e. The maximum atomic E-state index is 14.2. The number of hydrogen-bond donors (Lipinski definition) is 2. The number of amides is 2. The van der Waals surface area contributed by atoms with Crippen LogP contribution < -0.4 is 5.32 Å². The molecular weight excluding hydrogens is 515 g/mol. The highest BCUT2D eigenvalue weighted by Gasteiger charge is 2.44. The fraction of sp³-hybridized carbons (Fsp3) is 0.417. The smallest absolute Gasteiger partial charge is 0.321 e. The number of aromatic nitrogens is 3. The van der Waals surface area contributed by atoms with Gasteiger partial charge in [0.25, 0.3) is 11.8 Å².